The molecule has 0 aliphatic rings. The fraction of sp³-hybridized carbons (Fsp3) is 1.00. The molecule has 0 rings (SSSR count). The molecule has 5 heteroatoms. The molecule has 0 bridgehead atoms. The maximum Gasteiger partial charge on any atom is 0.510 e. The van der Waals surface area contributed by atoms with Crippen LogP contribution in [0.15, 0.2) is 0 Å². The van der Waals surface area contributed by atoms with Crippen LogP contribution in [-0.2, 0) is 13.3 Å². The minimum atomic E-state index is -2.35. The van der Waals surface area contributed by atoms with Crippen molar-refractivity contribution in [1.82, 2.24) is 0 Å². The quantitative estimate of drug-likeness (QED) is 0.291. The topological polar surface area (TPSA) is 27.7 Å². The molecular weight excluding hydrogens is 300 g/mol. The van der Waals surface area contributed by atoms with Crippen molar-refractivity contribution in [1.29, 1.82) is 0 Å². The van der Waals surface area contributed by atoms with E-state index in [9.17, 15) is 0 Å². The highest BCUT2D eigenvalue weighted by molar-refractivity contribution is 8.00. The predicted molar refractivity (Wildman–Crippen MR) is 96.0 cm³/mol. The minimum Gasteiger partial charge on any atom is -0.376 e. The summed E-state index contributed by atoms with van der Waals surface area (Å²) in [5, 5.41) is 0.855. The van der Waals surface area contributed by atoms with Gasteiger partial charge in [-0.05, 0) is 12.2 Å². The molecule has 0 saturated carbocycles. The average Bonchev–Trinajstić information content (AvgIpc) is 2.53. The lowest BCUT2D eigenvalue weighted by Crippen LogP contribution is -2.46. The predicted octanol–water partition coefficient (Wildman–Crippen LogP) is 5.06. The number of hydrogen-bond acceptors (Lipinski definition) is 4. The minimum absolute atomic E-state index is 0.855. The molecule has 3 nitrogen and oxygen atoms in total. The van der Waals surface area contributed by atoms with Crippen molar-refractivity contribution in [2.24, 2.45) is 0 Å². The molecule has 0 unspecified atom stereocenters. The zero-order valence-corrected chi connectivity index (χ0v) is 16.4. The summed E-state index contributed by atoms with van der Waals surface area (Å²) in [5.41, 5.74) is 0. The van der Waals surface area contributed by atoms with Crippen molar-refractivity contribution in [3.05, 3.63) is 0 Å². The Morgan fingerprint density at radius 2 is 1.10 bits per heavy atom. The van der Waals surface area contributed by atoms with Crippen molar-refractivity contribution in [2.75, 3.05) is 32.5 Å². The van der Waals surface area contributed by atoms with E-state index in [4.69, 9.17) is 13.3 Å². The monoisotopic (exact) mass is 336 g/mol. The van der Waals surface area contributed by atoms with Crippen LogP contribution in [0.5, 0.6) is 0 Å². The number of thioether (sulfide) groups is 1. The van der Waals surface area contributed by atoms with Gasteiger partial charge >= 0.3 is 8.80 Å². The summed E-state index contributed by atoms with van der Waals surface area (Å²) in [7, 11) is 2.69. The van der Waals surface area contributed by atoms with Crippen molar-refractivity contribution in [3.8, 4) is 0 Å². The normalized spacial score (nSPS) is 12.0. The summed E-state index contributed by atoms with van der Waals surface area (Å²) in [4.78, 5) is 0. The van der Waals surface area contributed by atoms with Gasteiger partial charge in [-0.2, -0.15) is 11.8 Å². The second kappa shape index (κ2) is 15.3. The Bertz CT molecular complexity index is 205. The maximum absolute atomic E-state index is 5.41. The van der Waals surface area contributed by atoms with Crippen LogP contribution in [0, 0.1) is 0 Å². The number of hydrogen-bond donors (Lipinski definition) is 0. The first kappa shape index (κ1) is 21.4. The molecule has 0 aromatic heterocycles. The van der Waals surface area contributed by atoms with Crippen molar-refractivity contribution in [2.45, 2.75) is 71.1 Å². The third-order valence-corrected chi connectivity index (χ3v) is 8.53. The standard InChI is InChI=1S/C16H36O3SSi/c1-5-6-7-8-9-10-11-12-13-14-15-20-16-21(17-2,18-3)19-4/h5-16H2,1-4H3. The van der Waals surface area contributed by atoms with Crippen LogP contribution in [-0.4, -0.2) is 41.3 Å². The van der Waals surface area contributed by atoms with Crippen molar-refractivity contribution in [3.63, 3.8) is 0 Å². The molecule has 0 aliphatic carbocycles. The Morgan fingerprint density at radius 3 is 1.52 bits per heavy atom. The number of rotatable bonds is 16. The van der Waals surface area contributed by atoms with Gasteiger partial charge in [0.2, 0.25) is 0 Å². The van der Waals surface area contributed by atoms with Gasteiger partial charge in [-0.1, -0.05) is 64.7 Å². The highest BCUT2D eigenvalue weighted by Gasteiger charge is 2.37. The van der Waals surface area contributed by atoms with Gasteiger partial charge in [0.15, 0.2) is 0 Å². The van der Waals surface area contributed by atoms with Gasteiger partial charge in [0.25, 0.3) is 0 Å². The summed E-state index contributed by atoms with van der Waals surface area (Å²) < 4.78 is 16.2. The lowest BCUT2D eigenvalue weighted by Gasteiger charge is -2.23. The van der Waals surface area contributed by atoms with Gasteiger partial charge in [0.05, 0.1) is 5.38 Å². The molecule has 0 aromatic rings. The van der Waals surface area contributed by atoms with E-state index in [1.807, 2.05) is 11.8 Å². The van der Waals surface area contributed by atoms with Crippen LogP contribution in [0.2, 0.25) is 0 Å². The highest BCUT2D eigenvalue weighted by atomic mass is 32.2. The Hall–Kier alpha value is 0.447. The van der Waals surface area contributed by atoms with Crippen molar-refractivity contribution < 1.29 is 13.3 Å². The number of unbranched alkanes of at least 4 members (excludes halogenated alkanes) is 9. The maximum atomic E-state index is 5.41. The molecule has 0 N–H and O–H groups in total. The van der Waals surface area contributed by atoms with E-state index in [-0.39, 0.29) is 0 Å². The second-order valence-electron chi connectivity index (χ2n) is 5.53. The average molecular weight is 337 g/mol. The molecular formula is C16H36O3SSi. The SMILES string of the molecule is CCCCCCCCCCCCSC[Si](OC)(OC)OC. The molecule has 128 valence electrons. The molecule has 0 heterocycles. The van der Waals surface area contributed by atoms with Crippen LogP contribution >= 0.6 is 11.8 Å². The molecule has 21 heavy (non-hydrogen) atoms. The van der Waals surface area contributed by atoms with E-state index in [1.165, 1.54) is 70.0 Å². The lowest BCUT2D eigenvalue weighted by atomic mass is 10.1. The second-order valence-corrected chi connectivity index (χ2v) is 10.1. The zero-order chi connectivity index (χ0) is 15.8. The highest BCUT2D eigenvalue weighted by Crippen LogP contribution is 2.17. The largest absolute Gasteiger partial charge is 0.510 e. The summed E-state index contributed by atoms with van der Waals surface area (Å²) >= 11 is 1.90. The molecule has 0 aromatic carbocycles. The van der Waals surface area contributed by atoms with E-state index in [2.05, 4.69) is 6.92 Å². The molecule has 0 radical (unpaired) electrons. The summed E-state index contributed by atoms with van der Waals surface area (Å²) in [5.74, 6) is 1.18. The lowest BCUT2D eigenvalue weighted by molar-refractivity contribution is 0.130. The van der Waals surface area contributed by atoms with Crippen LogP contribution in [0.1, 0.15) is 71.1 Å². The third-order valence-electron chi connectivity index (χ3n) is 3.85. The Morgan fingerprint density at radius 1 is 0.667 bits per heavy atom. The molecule has 0 amide bonds. The molecule has 0 saturated heterocycles. The first-order chi connectivity index (χ1) is 10.2. The van der Waals surface area contributed by atoms with E-state index in [0.717, 1.165) is 5.38 Å². The summed E-state index contributed by atoms with van der Waals surface area (Å²) in [6, 6.07) is 0. The van der Waals surface area contributed by atoms with Crippen LogP contribution in [0.3, 0.4) is 0 Å². The van der Waals surface area contributed by atoms with E-state index < -0.39 is 8.80 Å². The Balaban J connectivity index is 3.29. The van der Waals surface area contributed by atoms with Gasteiger partial charge in [-0.25, -0.2) is 0 Å². The van der Waals surface area contributed by atoms with Gasteiger partial charge in [0.1, 0.15) is 0 Å². The molecule has 0 aliphatic heterocycles. The first-order valence-electron chi connectivity index (χ1n) is 8.48. The molecule has 0 fully saturated rings. The Kier molecular flexibility index (Phi) is 15.7. The molecule has 0 spiro atoms. The molecule has 0 atom stereocenters. The van der Waals surface area contributed by atoms with Crippen LogP contribution < -0.4 is 0 Å². The van der Waals surface area contributed by atoms with Crippen molar-refractivity contribution >= 4 is 20.6 Å². The van der Waals surface area contributed by atoms with E-state index in [0.29, 0.717) is 0 Å². The van der Waals surface area contributed by atoms with Gasteiger partial charge < -0.3 is 13.3 Å². The summed E-state index contributed by atoms with van der Waals surface area (Å²) in [6.45, 7) is 2.27. The Labute approximate surface area is 137 Å². The fourth-order valence-corrected chi connectivity index (χ4v) is 6.22. The first-order valence-corrected chi connectivity index (χ1v) is 11.6. The van der Waals surface area contributed by atoms with E-state index >= 15 is 0 Å². The van der Waals surface area contributed by atoms with E-state index in [1.54, 1.807) is 21.3 Å². The smallest absolute Gasteiger partial charge is 0.376 e. The van der Waals surface area contributed by atoms with Gasteiger partial charge in [-0.3, -0.25) is 0 Å². The van der Waals surface area contributed by atoms with Gasteiger partial charge in [0, 0.05) is 21.3 Å². The van der Waals surface area contributed by atoms with Gasteiger partial charge in [-0.15, -0.1) is 0 Å². The van der Waals surface area contributed by atoms with Crippen LogP contribution in [0.4, 0.5) is 0 Å². The van der Waals surface area contributed by atoms with Crippen LogP contribution in [0.25, 0.3) is 0 Å². The zero-order valence-electron chi connectivity index (χ0n) is 14.6. The fourth-order valence-electron chi connectivity index (χ4n) is 2.32. The summed E-state index contributed by atoms with van der Waals surface area (Å²) in [6.07, 6.45) is 13.9. The third kappa shape index (κ3) is 11.6.